The molecule has 1 unspecified atom stereocenters. The molecule has 0 aliphatic carbocycles. The molecule has 1 aromatic carbocycles. The van der Waals surface area contributed by atoms with Gasteiger partial charge in [-0.2, -0.15) is 4.39 Å². The number of nitro groups is 1. The number of aliphatic hydroxyl groups is 1. The third-order valence-corrected chi connectivity index (χ3v) is 2.11. The molecule has 0 amide bonds. The second kappa shape index (κ2) is 4.95. The molecule has 5 nitrogen and oxygen atoms in total. The number of nitrogens with two attached hydrogens (primary N) is 1. The van der Waals surface area contributed by atoms with Crippen molar-refractivity contribution in [1.29, 1.82) is 0 Å². The molecule has 16 heavy (non-hydrogen) atoms. The summed E-state index contributed by atoms with van der Waals surface area (Å²) in [6.45, 7) is -0.358. The number of hydrogen-bond donors (Lipinski definition) is 2. The highest BCUT2D eigenvalue weighted by molar-refractivity contribution is 5.39. The van der Waals surface area contributed by atoms with Crippen LogP contribution in [0.5, 0.6) is 0 Å². The van der Waals surface area contributed by atoms with E-state index in [1.165, 1.54) is 0 Å². The molecule has 0 radical (unpaired) electrons. The van der Waals surface area contributed by atoms with Gasteiger partial charge in [-0.3, -0.25) is 10.1 Å². The molecule has 0 bridgehead atoms. The van der Waals surface area contributed by atoms with Crippen molar-refractivity contribution in [3.8, 4) is 0 Å². The van der Waals surface area contributed by atoms with Crippen molar-refractivity contribution < 1.29 is 18.8 Å². The van der Waals surface area contributed by atoms with Crippen molar-refractivity contribution >= 4 is 5.69 Å². The minimum Gasteiger partial charge on any atom is -0.396 e. The van der Waals surface area contributed by atoms with Crippen LogP contribution in [0.15, 0.2) is 12.1 Å². The molecule has 1 atom stereocenters. The molecule has 1 aromatic rings. The van der Waals surface area contributed by atoms with Crippen LogP contribution in [-0.4, -0.2) is 16.6 Å². The van der Waals surface area contributed by atoms with Gasteiger partial charge >= 0.3 is 5.69 Å². The van der Waals surface area contributed by atoms with Crippen molar-refractivity contribution in [1.82, 2.24) is 0 Å². The lowest BCUT2D eigenvalue weighted by Crippen LogP contribution is -2.16. The summed E-state index contributed by atoms with van der Waals surface area (Å²) in [5.41, 5.74) is 4.02. The third kappa shape index (κ3) is 2.31. The van der Waals surface area contributed by atoms with E-state index < -0.39 is 33.9 Å². The van der Waals surface area contributed by atoms with Crippen LogP contribution in [-0.2, 0) is 0 Å². The van der Waals surface area contributed by atoms with Gasteiger partial charge in [-0.05, 0) is 12.5 Å². The van der Waals surface area contributed by atoms with Crippen LogP contribution in [0.1, 0.15) is 18.0 Å². The van der Waals surface area contributed by atoms with E-state index in [0.29, 0.717) is 0 Å². The normalized spacial score (nSPS) is 12.5. The number of hydrogen-bond acceptors (Lipinski definition) is 4. The summed E-state index contributed by atoms with van der Waals surface area (Å²) in [4.78, 5) is 9.46. The number of nitrogens with zero attached hydrogens (tertiary/aromatic N) is 1. The second-order valence-corrected chi connectivity index (χ2v) is 3.17. The molecule has 0 saturated carbocycles. The van der Waals surface area contributed by atoms with Gasteiger partial charge in [0.05, 0.1) is 4.92 Å². The fraction of sp³-hybridized carbons (Fsp3) is 0.333. The Kier molecular flexibility index (Phi) is 3.86. The van der Waals surface area contributed by atoms with Crippen molar-refractivity contribution in [3.63, 3.8) is 0 Å². The van der Waals surface area contributed by atoms with Gasteiger partial charge in [-0.1, -0.05) is 0 Å². The van der Waals surface area contributed by atoms with Crippen LogP contribution in [0, 0.1) is 21.7 Å². The number of benzene rings is 1. The molecule has 0 fully saturated rings. The lowest BCUT2D eigenvalue weighted by Gasteiger charge is -2.12. The standard InChI is InChI=1S/C9H10F2N2O3/c10-5-1-2-7(13(15)16)9(11)8(5)6(12)3-4-14/h1-2,6,14H,3-4,12H2. The predicted molar refractivity (Wildman–Crippen MR) is 51.6 cm³/mol. The highest BCUT2D eigenvalue weighted by Gasteiger charge is 2.24. The quantitative estimate of drug-likeness (QED) is 0.604. The first kappa shape index (κ1) is 12.5. The first-order valence-electron chi connectivity index (χ1n) is 4.47. The minimum absolute atomic E-state index is 0.0744. The van der Waals surface area contributed by atoms with Crippen LogP contribution in [0.4, 0.5) is 14.5 Å². The van der Waals surface area contributed by atoms with Gasteiger partial charge in [-0.25, -0.2) is 4.39 Å². The Labute approximate surface area is 89.6 Å². The first-order chi connectivity index (χ1) is 7.49. The Morgan fingerprint density at radius 1 is 1.50 bits per heavy atom. The molecular weight excluding hydrogens is 222 g/mol. The van der Waals surface area contributed by atoms with E-state index in [-0.39, 0.29) is 13.0 Å². The summed E-state index contributed by atoms with van der Waals surface area (Å²) < 4.78 is 26.8. The van der Waals surface area contributed by atoms with E-state index in [2.05, 4.69) is 0 Å². The number of halogens is 2. The first-order valence-corrected chi connectivity index (χ1v) is 4.47. The Morgan fingerprint density at radius 2 is 2.12 bits per heavy atom. The molecule has 0 heterocycles. The van der Waals surface area contributed by atoms with Crippen LogP contribution in [0.3, 0.4) is 0 Å². The van der Waals surface area contributed by atoms with Gasteiger partial charge in [-0.15, -0.1) is 0 Å². The molecule has 88 valence electrons. The van der Waals surface area contributed by atoms with Gasteiger partial charge in [0, 0.05) is 24.3 Å². The largest absolute Gasteiger partial charge is 0.396 e. The fourth-order valence-electron chi connectivity index (χ4n) is 1.32. The maximum atomic E-state index is 13.5. The number of nitro benzene ring substituents is 1. The van der Waals surface area contributed by atoms with Crippen LogP contribution < -0.4 is 5.73 Å². The summed E-state index contributed by atoms with van der Waals surface area (Å²) in [7, 11) is 0. The van der Waals surface area contributed by atoms with E-state index in [1.807, 2.05) is 0 Å². The number of aliphatic hydroxyl groups excluding tert-OH is 1. The molecule has 0 saturated heterocycles. The third-order valence-electron chi connectivity index (χ3n) is 2.11. The van der Waals surface area contributed by atoms with Crippen molar-refractivity contribution in [2.45, 2.75) is 12.5 Å². The SMILES string of the molecule is NC(CCO)c1c(F)ccc([N+](=O)[O-])c1F. The zero-order chi connectivity index (χ0) is 12.3. The van der Waals surface area contributed by atoms with Crippen molar-refractivity contribution in [2.24, 2.45) is 5.73 Å². The molecule has 1 rings (SSSR count). The zero-order valence-electron chi connectivity index (χ0n) is 8.19. The molecule has 0 aliphatic rings. The van der Waals surface area contributed by atoms with Crippen molar-refractivity contribution in [2.75, 3.05) is 6.61 Å². The van der Waals surface area contributed by atoms with Gasteiger partial charge in [0.25, 0.3) is 0 Å². The Hall–Kier alpha value is -1.60. The van der Waals surface area contributed by atoms with Gasteiger partial charge in [0.2, 0.25) is 5.82 Å². The predicted octanol–water partition coefficient (Wildman–Crippen LogP) is 1.26. The Bertz CT molecular complexity index is 412. The molecule has 0 aromatic heterocycles. The second-order valence-electron chi connectivity index (χ2n) is 3.17. The average molecular weight is 232 g/mol. The maximum Gasteiger partial charge on any atom is 0.305 e. The number of rotatable bonds is 4. The molecule has 0 aliphatic heterocycles. The minimum atomic E-state index is -1.29. The molecule has 3 N–H and O–H groups in total. The van der Waals surface area contributed by atoms with E-state index >= 15 is 0 Å². The molecule has 0 spiro atoms. The topological polar surface area (TPSA) is 89.4 Å². The lowest BCUT2D eigenvalue weighted by molar-refractivity contribution is -0.387. The Balaban J connectivity index is 3.26. The maximum absolute atomic E-state index is 13.5. The van der Waals surface area contributed by atoms with E-state index in [1.54, 1.807) is 0 Å². The van der Waals surface area contributed by atoms with Crippen LogP contribution in [0.25, 0.3) is 0 Å². The summed E-state index contributed by atoms with van der Waals surface area (Å²) >= 11 is 0. The van der Waals surface area contributed by atoms with E-state index in [0.717, 1.165) is 12.1 Å². The van der Waals surface area contributed by atoms with Gasteiger partial charge < -0.3 is 10.8 Å². The average Bonchev–Trinajstić information content (AvgIpc) is 2.17. The fourth-order valence-corrected chi connectivity index (χ4v) is 1.32. The highest BCUT2D eigenvalue weighted by Crippen LogP contribution is 2.27. The summed E-state index contributed by atoms with van der Waals surface area (Å²) in [5, 5.41) is 19.0. The van der Waals surface area contributed by atoms with Crippen LogP contribution >= 0.6 is 0 Å². The summed E-state index contributed by atoms with van der Waals surface area (Å²) in [6, 6.07) is 0.415. The Morgan fingerprint density at radius 3 is 2.62 bits per heavy atom. The lowest BCUT2D eigenvalue weighted by atomic mass is 10.0. The van der Waals surface area contributed by atoms with Gasteiger partial charge in [0.1, 0.15) is 5.82 Å². The van der Waals surface area contributed by atoms with Crippen LogP contribution in [0.2, 0.25) is 0 Å². The molecular formula is C9H10F2N2O3. The van der Waals surface area contributed by atoms with Gasteiger partial charge in [0.15, 0.2) is 0 Å². The zero-order valence-corrected chi connectivity index (χ0v) is 8.19. The molecule has 7 heteroatoms. The highest BCUT2D eigenvalue weighted by atomic mass is 19.1. The van der Waals surface area contributed by atoms with E-state index in [9.17, 15) is 18.9 Å². The summed E-state index contributed by atoms with van der Waals surface area (Å²) in [5.74, 6) is -2.24. The monoisotopic (exact) mass is 232 g/mol. The smallest absolute Gasteiger partial charge is 0.305 e. The van der Waals surface area contributed by atoms with Crippen molar-refractivity contribution in [3.05, 3.63) is 39.4 Å². The summed E-state index contributed by atoms with van der Waals surface area (Å²) in [6.07, 6.45) is -0.0744. The van der Waals surface area contributed by atoms with E-state index in [4.69, 9.17) is 10.8 Å².